The van der Waals surface area contributed by atoms with E-state index in [4.69, 9.17) is 9.47 Å². The van der Waals surface area contributed by atoms with E-state index in [0.717, 1.165) is 42.5 Å². The summed E-state index contributed by atoms with van der Waals surface area (Å²) >= 11 is 1.88. The van der Waals surface area contributed by atoms with Crippen molar-refractivity contribution in [1.82, 2.24) is 9.88 Å². The van der Waals surface area contributed by atoms with E-state index >= 15 is 0 Å². The molecular formula is C21H25N3O3S. The number of carbonyl (C=O) groups excluding carboxylic acids is 1. The molecule has 2 fully saturated rings. The number of nitrogens with zero attached hydrogens (tertiary/aromatic N) is 3. The first kappa shape index (κ1) is 18.9. The number of piperazine rings is 1. The molecule has 28 heavy (non-hydrogen) atoms. The summed E-state index contributed by atoms with van der Waals surface area (Å²) in [4.78, 5) is 21.6. The van der Waals surface area contributed by atoms with Crippen LogP contribution in [0.15, 0.2) is 42.6 Å². The Morgan fingerprint density at radius 2 is 1.96 bits per heavy atom. The van der Waals surface area contributed by atoms with Crippen LogP contribution in [0, 0.1) is 0 Å². The minimum absolute atomic E-state index is 0.00609. The molecule has 148 valence electrons. The average Bonchev–Trinajstić information content (AvgIpc) is 3.27. The maximum Gasteiger partial charge on any atom is 0.259 e. The minimum atomic E-state index is -0.00609. The van der Waals surface area contributed by atoms with Gasteiger partial charge in [-0.3, -0.25) is 4.79 Å². The molecule has 6 nitrogen and oxygen atoms in total. The van der Waals surface area contributed by atoms with Crippen molar-refractivity contribution >= 4 is 23.4 Å². The number of hydrogen-bond acceptors (Lipinski definition) is 6. The summed E-state index contributed by atoms with van der Waals surface area (Å²) in [6.45, 7) is 2.85. The number of rotatable bonds is 5. The molecule has 0 radical (unpaired) electrons. The summed E-state index contributed by atoms with van der Waals surface area (Å²) in [5.41, 5.74) is 1.63. The Balaban J connectivity index is 1.43. The highest BCUT2D eigenvalue weighted by Gasteiger charge is 2.27. The molecule has 0 bridgehead atoms. The van der Waals surface area contributed by atoms with Gasteiger partial charge in [-0.05, 0) is 36.4 Å². The maximum atomic E-state index is 13.1. The van der Waals surface area contributed by atoms with E-state index in [2.05, 4.69) is 16.0 Å². The van der Waals surface area contributed by atoms with E-state index in [0.29, 0.717) is 24.5 Å². The number of amides is 1. The summed E-state index contributed by atoms with van der Waals surface area (Å²) in [5.74, 6) is 3.38. The predicted molar refractivity (Wildman–Crippen MR) is 112 cm³/mol. The molecule has 2 saturated heterocycles. The van der Waals surface area contributed by atoms with Gasteiger partial charge >= 0.3 is 0 Å². The third-order valence-electron chi connectivity index (χ3n) is 5.16. The van der Waals surface area contributed by atoms with Crippen LogP contribution in [-0.4, -0.2) is 66.7 Å². The van der Waals surface area contributed by atoms with E-state index < -0.39 is 0 Å². The summed E-state index contributed by atoms with van der Waals surface area (Å²) < 4.78 is 11.5. The van der Waals surface area contributed by atoms with Gasteiger partial charge in [0.25, 0.3) is 5.91 Å². The highest BCUT2D eigenvalue weighted by atomic mass is 32.2. The monoisotopic (exact) mass is 399 g/mol. The van der Waals surface area contributed by atoms with Gasteiger partial charge in [0.2, 0.25) is 5.88 Å². The molecule has 7 heteroatoms. The zero-order chi connectivity index (χ0) is 19.3. The fourth-order valence-corrected chi connectivity index (χ4v) is 4.72. The molecule has 1 amide bonds. The first-order valence-electron chi connectivity index (χ1n) is 9.63. The largest absolute Gasteiger partial charge is 0.495 e. The number of para-hydroxylation sites is 2. The lowest BCUT2D eigenvalue weighted by Crippen LogP contribution is -2.49. The van der Waals surface area contributed by atoms with E-state index in [1.807, 2.05) is 40.9 Å². The van der Waals surface area contributed by atoms with Crippen molar-refractivity contribution in [3.63, 3.8) is 0 Å². The predicted octanol–water partition coefficient (Wildman–Crippen LogP) is 2.94. The van der Waals surface area contributed by atoms with Crippen LogP contribution in [-0.2, 0) is 0 Å². The molecule has 0 N–H and O–H groups in total. The fraction of sp³-hybridized carbons (Fsp3) is 0.429. The van der Waals surface area contributed by atoms with Gasteiger partial charge < -0.3 is 19.3 Å². The molecule has 1 atom stereocenters. The van der Waals surface area contributed by atoms with Gasteiger partial charge in [-0.15, -0.1) is 0 Å². The normalized spacial score (nSPS) is 19.5. The molecule has 1 unspecified atom stereocenters. The Morgan fingerprint density at radius 1 is 1.14 bits per heavy atom. The van der Waals surface area contributed by atoms with Crippen LogP contribution in [0.25, 0.3) is 0 Å². The van der Waals surface area contributed by atoms with Crippen molar-refractivity contribution in [1.29, 1.82) is 0 Å². The second-order valence-electron chi connectivity index (χ2n) is 6.91. The molecule has 3 heterocycles. The molecule has 2 aliphatic heterocycles. The lowest BCUT2D eigenvalue weighted by atomic mass is 10.2. The molecule has 1 aromatic heterocycles. The van der Waals surface area contributed by atoms with Crippen LogP contribution in [0.5, 0.6) is 11.6 Å². The van der Waals surface area contributed by atoms with E-state index in [1.165, 1.54) is 0 Å². The van der Waals surface area contributed by atoms with Crippen molar-refractivity contribution < 1.29 is 14.3 Å². The van der Waals surface area contributed by atoms with E-state index in [1.54, 1.807) is 19.4 Å². The second-order valence-corrected chi connectivity index (χ2v) is 8.06. The zero-order valence-corrected chi connectivity index (χ0v) is 16.9. The first-order chi connectivity index (χ1) is 13.8. The summed E-state index contributed by atoms with van der Waals surface area (Å²) in [6, 6.07) is 11.6. The number of thioether (sulfide) groups is 1. The summed E-state index contributed by atoms with van der Waals surface area (Å²) in [6.07, 6.45) is 2.84. The zero-order valence-electron chi connectivity index (χ0n) is 16.0. The minimum Gasteiger partial charge on any atom is -0.495 e. The molecule has 0 spiro atoms. The van der Waals surface area contributed by atoms with Gasteiger partial charge in [-0.2, -0.15) is 11.8 Å². The van der Waals surface area contributed by atoms with Crippen LogP contribution in [0.3, 0.4) is 0 Å². The van der Waals surface area contributed by atoms with E-state index in [-0.39, 0.29) is 12.0 Å². The van der Waals surface area contributed by atoms with Gasteiger partial charge in [-0.25, -0.2) is 4.98 Å². The third kappa shape index (κ3) is 4.04. The van der Waals surface area contributed by atoms with Crippen LogP contribution in [0.2, 0.25) is 0 Å². The van der Waals surface area contributed by atoms with Gasteiger partial charge in [-0.1, -0.05) is 12.1 Å². The van der Waals surface area contributed by atoms with Crippen LogP contribution in [0.1, 0.15) is 16.8 Å². The number of benzene rings is 1. The molecular weight excluding hydrogens is 374 g/mol. The van der Waals surface area contributed by atoms with E-state index in [9.17, 15) is 4.79 Å². The lowest BCUT2D eigenvalue weighted by Gasteiger charge is -2.36. The van der Waals surface area contributed by atoms with Crippen molar-refractivity contribution in [2.75, 3.05) is 49.7 Å². The van der Waals surface area contributed by atoms with Gasteiger partial charge in [0.1, 0.15) is 17.4 Å². The quantitative estimate of drug-likeness (QED) is 0.771. The Kier molecular flexibility index (Phi) is 5.90. The maximum absolute atomic E-state index is 13.1. The Hall–Kier alpha value is -2.41. The highest BCUT2D eigenvalue weighted by molar-refractivity contribution is 7.99. The summed E-state index contributed by atoms with van der Waals surface area (Å²) in [7, 11) is 1.69. The van der Waals surface area contributed by atoms with Crippen LogP contribution in [0.4, 0.5) is 5.69 Å². The van der Waals surface area contributed by atoms with Crippen molar-refractivity contribution in [3.8, 4) is 11.6 Å². The van der Waals surface area contributed by atoms with Crippen LogP contribution >= 0.6 is 11.8 Å². The molecule has 2 aliphatic rings. The fourth-order valence-electron chi connectivity index (χ4n) is 3.62. The standard InChI is InChI=1S/C21H25N3O3S/c1-26-19-7-3-2-6-18(19)23-10-12-24(13-11-23)21(25)17-5-4-9-22-20(17)27-16-8-14-28-15-16/h2-7,9,16H,8,10-15H2,1H3. The van der Waals surface area contributed by atoms with Crippen molar-refractivity contribution in [3.05, 3.63) is 48.2 Å². The number of carbonyl (C=O) groups is 1. The van der Waals surface area contributed by atoms with Gasteiger partial charge in [0.15, 0.2) is 0 Å². The number of anilines is 1. The number of hydrogen-bond donors (Lipinski definition) is 0. The molecule has 1 aromatic carbocycles. The number of ether oxygens (including phenoxy) is 2. The van der Waals surface area contributed by atoms with Gasteiger partial charge in [0.05, 0.1) is 12.8 Å². The lowest BCUT2D eigenvalue weighted by molar-refractivity contribution is 0.0738. The Labute approximate surface area is 169 Å². The molecule has 0 aliphatic carbocycles. The van der Waals surface area contributed by atoms with Crippen LogP contribution < -0.4 is 14.4 Å². The SMILES string of the molecule is COc1ccccc1N1CCN(C(=O)c2cccnc2OC2CCSC2)CC1. The average molecular weight is 400 g/mol. The first-order valence-corrected chi connectivity index (χ1v) is 10.8. The topological polar surface area (TPSA) is 54.9 Å². The third-order valence-corrected chi connectivity index (χ3v) is 6.29. The molecule has 0 saturated carbocycles. The highest BCUT2D eigenvalue weighted by Crippen LogP contribution is 2.29. The van der Waals surface area contributed by atoms with Crippen molar-refractivity contribution in [2.45, 2.75) is 12.5 Å². The van der Waals surface area contributed by atoms with Crippen molar-refractivity contribution in [2.24, 2.45) is 0 Å². The van der Waals surface area contributed by atoms with Gasteiger partial charge in [0, 0.05) is 38.1 Å². The Morgan fingerprint density at radius 3 is 2.71 bits per heavy atom. The summed E-state index contributed by atoms with van der Waals surface area (Å²) in [5, 5.41) is 0. The molecule has 4 rings (SSSR count). The Bertz CT molecular complexity index is 818. The number of aromatic nitrogens is 1. The second kappa shape index (κ2) is 8.73. The smallest absolute Gasteiger partial charge is 0.259 e. The molecule has 2 aromatic rings. The number of methoxy groups -OCH3 is 1. The number of pyridine rings is 1.